The zero-order chi connectivity index (χ0) is 17.7. The minimum absolute atomic E-state index is 0.276. The number of hydrogen-bond acceptors (Lipinski definition) is 4. The van der Waals surface area contributed by atoms with E-state index >= 15 is 0 Å². The molecule has 1 heterocycles. The number of alkyl halides is 1. The highest BCUT2D eigenvalue weighted by atomic mass is 79.9. The van der Waals surface area contributed by atoms with Crippen LogP contribution < -0.4 is 4.72 Å². The molecule has 7 heteroatoms. The Labute approximate surface area is 156 Å². The van der Waals surface area contributed by atoms with Crippen molar-refractivity contribution >= 4 is 26.0 Å². The second-order valence-electron chi connectivity index (χ2n) is 5.96. The number of ether oxygens (including phenoxy) is 2. The summed E-state index contributed by atoms with van der Waals surface area (Å²) >= 11 is 3.45. The first-order valence-electron chi connectivity index (χ1n) is 7.95. The van der Waals surface area contributed by atoms with Crippen LogP contribution in [0.2, 0.25) is 0 Å². The van der Waals surface area contributed by atoms with Crippen LogP contribution in [0.3, 0.4) is 0 Å². The summed E-state index contributed by atoms with van der Waals surface area (Å²) < 4.78 is 36.0. The average molecular weight is 426 g/mol. The molecule has 0 unspecified atom stereocenters. The van der Waals surface area contributed by atoms with Crippen LogP contribution in [-0.4, -0.2) is 33.6 Å². The van der Waals surface area contributed by atoms with Crippen molar-refractivity contribution in [3.63, 3.8) is 0 Å². The van der Waals surface area contributed by atoms with E-state index in [1.165, 1.54) is 11.1 Å². The molecule has 1 aliphatic heterocycles. The predicted molar refractivity (Wildman–Crippen MR) is 101 cm³/mol. The van der Waals surface area contributed by atoms with Crippen molar-refractivity contribution in [2.24, 2.45) is 0 Å². The summed E-state index contributed by atoms with van der Waals surface area (Å²) in [7, 11) is -3.32. The van der Waals surface area contributed by atoms with Gasteiger partial charge in [-0.3, -0.25) is 0 Å². The van der Waals surface area contributed by atoms with Gasteiger partial charge in [0.1, 0.15) is 0 Å². The largest absolute Gasteiger partial charge is 0.375 e. The Morgan fingerprint density at radius 1 is 1.04 bits per heavy atom. The van der Waals surface area contributed by atoms with Gasteiger partial charge in [0.25, 0.3) is 0 Å². The first-order chi connectivity index (χ1) is 12.1. The minimum Gasteiger partial charge on any atom is -0.375 e. The lowest BCUT2D eigenvalue weighted by atomic mass is 10.0. The number of benzene rings is 2. The molecule has 1 saturated heterocycles. The van der Waals surface area contributed by atoms with Gasteiger partial charge in [-0.15, -0.1) is 0 Å². The maximum Gasteiger partial charge on any atom is 0.236 e. The standard InChI is InChI=1S/C18H20BrNO4S/c19-9-14-1-5-16(6-2-14)17-7-3-15(4-8-17)10-23-11-18-12-24-13-25(21,22)20-18/h1-8,18,20H,9-13H2/t18-/m0/s1. The third-order valence-electron chi connectivity index (χ3n) is 3.89. The summed E-state index contributed by atoms with van der Waals surface area (Å²) in [5.74, 6) is -0.276. The molecule has 1 atom stereocenters. The van der Waals surface area contributed by atoms with E-state index in [9.17, 15) is 8.42 Å². The Kier molecular flexibility index (Phi) is 6.24. The van der Waals surface area contributed by atoms with Gasteiger partial charge in [-0.2, -0.15) is 0 Å². The normalized spacial score (nSPS) is 19.6. The lowest BCUT2D eigenvalue weighted by molar-refractivity contribution is 0.0594. The molecule has 2 aromatic carbocycles. The topological polar surface area (TPSA) is 64.6 Å². The van der Waals surface area contributed by atoms with Crippen molar-refractivity contribution in [1.82, 2.24) is 4.72 Å². The number of hydrogen-bond donors (Lipinski definition) is 1. The van der Waals surface area contributed by atoms with Crippen LogP contribution in [0.5, 0.6) is 0 Å². The molecule has 0 aliphatic carbocycles. The number of nitrogens with one attached hydrogen (secondary N) is 1. The number of halogens is 1. The Balaban J connectivity index is 1.52. The predicted octanol–water partition coefficient (Wildman–Crippen LogP) is 3.04. The van der Waals surface area contributed by atoms with Crippen LogP contribution in [0.15, 0.2) is 48.5 Å². The van der Waals surface area contributed by atoms with E-state index in [0.717, 1.165) is 16.5 Å². The monoisotopic (exact) mass is 425 g/mol. The fraction of sp³-hybridized carbons (Fsp3) is 0.333. The van der Waals surface area contributed by atoms with Crippen molar-refractivity contribution in [3.8, 4) is 11.1 Å². The van der Waals surface area contributed by atoms with E-state index in [0.29, 0.717) is 13.2 Å². The molecule has 1 N–H and O–H groups in total. The fourth-order valence-electron chi connectivity index (χ4n) is 2.60. The maximum atomic E-state index is 11.4. The Morgan fingerprint density at radius 3 is 2.20 bits per heavy atom. The van der Waals surface area contributed by atoms with E-state index in [-0.39, 0.29) is 18.6 Å². The van der Waals surface area contributed by atoms with Crippen molar-refractivity contribution in [1.29, 1.82) is 0 Å². The van der Waals surface area contributed by atoms with Crippen molar-refractivity contribution < 1.29 is 17.9 Å². The molecule has 0 amide bonds. The molecule has 5 nitrogen and oxygen atoms in total. The number of sulfonamides is 1. The molecule has 1 aliphatic rings. The molecule has 0 spiro atoms. The lowest BCUT2D eigenvalue weighted by Crippen LogP contribution is -2.47. The third-order valence-corrected chi connectivity index (χ3v) is 5.70. The molecule has 0 aromatic heterocycles. The Hall–Kier alpha value is -1.25. The van der Waals surface area contributed by atoms with Gasteiger partial charge in [0.2, 0.25) is 10.0 Å². The molecular formula is C18H20BrNO4S. The minimum atomic E-state index is -3.32. The van der Waals surface area contributed by atoms with Gasteiger partial charge in [-0.1, -0.05) is 64.5 Å². The smallest absolute Gasteiger partial charge is 0.236 e. The van der Waals surface area contributed by atoms with E-state index < -0.39 is 10.0 Å². The van der Waals surface area contributed by atoms with Crippen molar-refractivity contribution in [2.75, 3.05) is 19.2 Å². The van der Waals surface area contributed by atoms with Crippen LogP contribution in [0.25, 0.3) is 11.1 Å². The second kappa shape index (κ2) is 8.42. The van der Waals surface area contributed by atoms with Crippen molar-refractivity contribution in [3.05, 3.63) is 59.7 Å². The zero-order valence-electron chi connectivity index (χ0n) is 13.7. The molecular weight excluding hydrogens is 406 g/mol. The summed E-state index contributed by atoms with van der Waals surface area (Å²) in [5, 5.41) is 0.853. The van der Waals surface area contributed by atoms with Crippen molar-refractivity contribution in [2.45, 2.75) is 18.0 Å². The molecule has 3 rings (SSSR count). The Morgan fingerprint density at radius 2 is 1.64 bits per heavy atom. The summed E-state index contributed by atoms with van der Waals surface area (Å²) in [6, 6.07) is 16.3. The van der Waals surface area contributed by atoms with Crippen LogP contribution >= 0.6 is 15.9 Å². The summed E-state index contributed by atoms with van der Waals surface area (Å²) in [4.78, 5) is 0. The van der Waals surface area contributed by atoms with Gasteiger partial charge >= 0.3 is 0 Å². The zero-order valence-corrected chi connectivity index (χ0v) is 16.1. The molecule has 25 heavy (non-hydrogen) atoms. The third kappa shape index (κ3) is 5.36. The summed E-state index contributed by atoms with van der Waals surface area (Å²) in [5.41, 5.74) is 4.61. The van der Waals surface area contributed by atoms with E-state index in [1.54, 1.807) is 0 Å². The molecule has 0 saturated carbocycles. The quantitative estimate of drug-likeness (QED) is 0.722. The van der Waals surface area contributed by atoms with Crippen LogP contribution in [0.1, 0.15) is 11.1 Å². The van der Waals surface area contributed by atoms with Gasteiger partial charge < -0.3 is 9.47 Å². The molecule has 0 bridgehead atoms. The van der Waals surface area contributed by atoms with Crippen LogP contribution in [0, 0.1) is 0 Å². The summed E-state index contributed by atoms with van der Waals surface area (Å²) in [6.45, 7) is 1.05. The first-order valence-corrected chi connectivity index (χ1v) is 10.7. The molecule has 2 aromatic rings. The van der Waals surface area contributed by atoms with E-state index in [4.69, 9.17) is 9.47 Å². The van der Waals surface area contributed by atoms with Gasteiger partial charge in [-0.25, -0.2) is 13.1 Å². The van der Waals surface area contributed by atoms with E-state index in [2.05, 4.69) is 57.1 Å². The van der Waals surface area contributed by atoms with Gasteiger partial charge in [-0.05, 0) is 22.3 Å². The number of rotatable bonds is 6. The Bertz CT molecular complexity index is 791. The van der Waals surface area contributed by atoms with Gasteiger partial charge in [0.05, 0.1) is 25.9 Å². The summed E-state index contributed by atoms with van der Waals surface area (Å²) in [6.07, 6.45) is 0. The fourth-order valence-corrected chi connectivity index (χ4v) is 4.00. The highest BCUT2D eigenvalue weighted by Gasteiger charge is 2.24. The second-order valence-corrected chi connectivity index (χ2v) is 8.22. The van der Waals surface area contributed by atoms with Crippen LogP contribution in [0.4, 0.5) is 0 Å². The highest BCUT2D eigenvalue weighted by Crippen LogP contribution is 2.21. The molecule has 1 fully saturated rings. The highest BCUT2D eigenvalue weighted by molar-refractivity contribution is 9.08. The SMILES string of the molecule is O=S1(=O)COC[C@H](COCc2ccc(-c3ccc(CBr)cc3)cc2)N1. The first kappa shape index (κ1) is 18.5. The average Bonchev–Trinajstić information content (AvgIpc) is 2.62. The van der Waals surface area contributed by atoms with E-state index in [1.807, 2.05) is 12.1 Å². The lowest BCUT2D eigenvalue weighted by Gasteiger charge is -2.23. The van der Waals surface area contributed by atoms with Gasteiger partial charge in [0, 0.05) is 5.33 Å². The maximum absolute atomic E-state index is 11.4. The molecule has 134 valence electrons. The van der Waals surface area contributed by atoms with Gasteiger partial charge in [0.15, 0.2) is 5.94 Å². The van der Waals surface area contributed by atoms with Crippen LogP contribution in [-0.2, 0) is 31.4 Å². The molecule has 0 radical (unpaired) electrons.